The van der Waals surface area contributed by atoms with Gasteiger partial charge in [0.25, 0.3) is 0 Å². The van der Waals surface area contributed by atoms with Crippen molar-refractivity contribution in [1.82, 2.24) is 10.3 Å². The maximum atomic E-state index is 4.39. The fourth-order valence-electron chi connectivity index (χ4n) is 1.28. The van der Waals surface area contributed by atoms with Crippen LogP contribution in [-0.2, 0) is 6.54 Å². The minimum absolute atomic E-state index is 0.307. The predicted octanol–water partition coefficient (Wildman–Crippen LogP) is 4.38. The summed E-state index contributed by atoms with van der Waals surface area (Å²) in [6.45, 7) is 10.9. The molecule has 0 fully saturated rings. The summed E-state index contributed by atoms with van der Waals surface area (Å²) in [5, 5.41) is 3.48. The van der Waals surface area contributed by atoms with Crippen LogP contribution in [0.3, 0.4) is 0 Å². The molecule has 0 aromatic carbocycles. The number of hydrogen-bond donors (Lipinski definition) is 1. The molecule has 1 N–H and O–H groups in total. The summed E-state index contributed by atoms with van der Waals surface area (Å²) in [5.41, 5.74) is 1.36. The van der Waals surface area contributed by atoms with Gasteiger partial charge in [-0.1, -0.05) is 27.7 Å². The first-order valence-corrected chi connectivity index (χ1v) is 7.42. The van der Waals surface area contributed by atoms with E-state index in [9.17, 15) is 0 Å². The molecule has 0 saturated carbocycles. The minimum atomic E-state index is 0.307. The van der Waals surface area contributed by atoms with Crippen molar-refractivity contribution in [2.24, 2.45) is 11.3 Å². The van der Waals surface area contributed by atoms with Gasteiger partial charge >= 0.3 is 0 Å². The highest BCUT2D eigenvalue weighted by Gasteiger charge is 2.21. The van der Waals surface area contributed by atoms with E-state index in [0.29, 0.717) is 11.3 Å². The standard InChI is InChI=1S/C13H20Br2N2/c1-9(2)13(3,4)8-16-7-12-11(15)5-10(14)6-17-12/h5-6,9,16H,7-8H2,1-4H3. The molecule has 1 aromatic rings. The number of pyridine rings is 1. The molecule has 0 saturated heterocycles. The monoisotopic (exact) mass is 362 g/mol. The lowest BCUT2D eigenvalue weighted by atomic mass is 9.81. The van der Waals surface area contributed by atoms with Crippen LogP contribution in [0.4, 0.5) is 0 Å². The molecule has 0 atom stereocenters. The Morgan fingerprint density at radius 2 is 2.00 bits per heavy atom. The summed E-state index contributed by atoms with van der Waals surface area (Å²) in [6, 6.07) is 2.03. The highest BCUT2D eigenvalue weighted by atomic mass is 79.9. The van der Waals surface area contributed by atoms with E-state index in [1.807, 2.05) is 12.3 Å². The molecular formula is C13H20Br2N2. The maximum absolute atomic E-state index is 4.39. The van der Waals surface area contributed by atoms with Crippen LogP contribution in [0.25, 0.3) is 0 Å². The zero-order chi connectivity index (χ0) is 13.1. The van der Waals surface area contributed by atoms with E-state index in [1.165, 1.54) is 0 Å². The van der Waals surface area contributed by atoms with Gasteiger partial charge < -0.3 is 5.32 Å². The third-order valence-corrected chi connectivity index (χ3v) is 4.44. The Morgan fingerprint density at radius 1 is 1.35 bits per heavy atom. The normalized spacial score (nSPS) is 12.2. The smallest absolute Gasteiger partial charge is 0.0684 e. The van der Waals surface area contributed by atoms with Gasteiger partial charge in [0.2, 0.25) is 0 Å². The lowest BCUT2D eigenvalue weighted by Gasteiger charge is -2.29. The summed E-state index contributed by atoms with van der Waals surface area (Å²) in [6.07, 6.45) is 1.83. The Hall–Kier alpha value is 0.0700. The maximum Gasteiger partial charge on any atom is 0.0684 e. The molecule has 0 aliphatic carbocycles. The Kier molecular flexibility index (Phi) is 5.61. The first kappa shape index (κ1) is 15.1. The summed E-state index contributed by atoms with van der Waals surface area (Å²) in [7, 11) is 0. The van der Waals surface area contributed by atoms with Crippen molar-refractivity contribution in [1.29, 1.82) is 0 Å². The van der Waals surface area contributed by atoms with E-state index >= 15 is 0 Å². The highest BCUT2D eigenvalue weighted by Crippen LogP contribution is 2.25. The van der Waals surface area contributed by atoms with E-state index in [2.05, 4.69) is 69.9 Å². The molecule has 0 radical (unpaired) electrons. The van der Waals surface area contributed by atoms with Gasteiger partial charge in [-0.05, 0) is 49.3 Å². The van der Waals surface area contributed by atoms with Crippen molar-refractivity contribution >= 4 is 31.9 Å². The van der Waals surface area contributed by atoms with Crippen LogP contribution in [0.1, 0.15) is 33.4 Å². The van der Waals surface area contributed by atoms with Gasteiger partial charge in [0, 0.05) is 28.2 Å². The number of hydrogen-bond acceptors (Lipinski definition) is 2. The van der Waals surface area contributed by atoms with E-state index in [1.54, 1.807) is 0 Å². The molecule has 1 heterocycles. The molecule has 0 bridgehead atoms. The third-order valence-electron chi connectivity index (χ3n) is 3.32. The van der Waals surface area contributed by atoms with Crippen LogP contribution in [0, 0.1) is 11.3 Å². The van der Waals surface area contributed by atoms with Gasteiger partial charge in [0.15, 0.2) is 0 Å². The summed E-state index contributed by atoms with van der Waals surface area (Å²) < 4.78 is 2.04. The Morgan fingerprint density at radius 3 is 2.53 bits per heavy atom. The molecule has 0 unspecified atom stereocenters. The second-order valence-corrected chi connectivity index (χ2v) is 7.10. The first-order valence-electron chi connectivity index (χ1n) is 5.83. The van der Waals surface area contributed by atoms with Crippen LogP contribution in [0.2, 0.25) is 0 Å². The molecule has 4 heteroatoms. The van der Waals surface area contributed by atoms with Crippen molar-refractivity contribution in [2.45, 2.75) is 34.2 Å². The molecule has 1 aromatic heterocycles. The minimum Gasteiger partial charge on any atom is -0.311 e. The average Bonchev–Trinajstić information content (AvgIpc) is 2.21. The van der Waals surface area contributed by atoms with Crippen molar-refractivity contribution in [3.05, 3.63) is 26.9 Å². The summed E-state index contributed by atoms with van der Waals surface area (Å²) in [5.74, 6) is 0.663. The van der Waals surface area contributed by atoms with Crippen LogP contribution in [0.5, 0.6) is 0 Å². The van der Waals surface area contributed by atoms with Crippen LogP contribution < -0.4 is 5.32 Å². The zero-order valence-electron chi connectivity index (χ0n) is 10.8. The van der Waals surface area contributed by atoms with Gasteiger partial charge in [-0.2, -0.15) is 0 Å². The van der Waals surface area contributed by atoms with Crippen molar-refractivity contribution in [3.8, 4) is 0 Å². The Labute approximate surface area is 121 Å². The molecule has 0 amide bonds. The second-order valence-electron chi connectivity index (χ2n) is 5.33. The van der Waals surface area contributed by atoms with Gasteiger partial charge in [-0.25, -0.2) is 0 Å². The topological polar surface area (TPSA) is 24.9 Å². The van der Waals surface area contributed by atoms with Gasteiger partial charge in [-0.15, -0.1) is 0 Å². The van der Waals surface area contributed by atoms with Gasteiger partial charge in [0.05, 0.1) is 5.69 Å². The van der Waals surface area contributed by atoms with Gasteiger partial charge in [0.1, 0.15) is 0 Å². The zero-order valence-corrected chi connectivity index (χ0v) is 14.0. The van der Waals surface area contributed by atoms with E-state index in [0.717, 1.165) is 27.7 Å². The summed E-state index contributed by atoms with van der Waals surface area (Å²) >= 11 is 6.93. The fourth-order valence-corrected chi connectivity index (χ4v) is 2.41. The lowest BCUT2D eigenvalue weighted by Crippen LogP contribution is -2.33. The quantitative estimate of drug-likeness (QED) is 0.839. The second kappa shape index (κ2) is 6.30. The summed E-state index contributed by atoms with van der Waals surface area (Å²) in [4.78, 5) is 4.39. The van der Waals surface area contributed by atoms with Gasteiger partial charge in [-0.3, -0.25) is 4.98 Å². The Bertz CT molecular complexity index is 376. The van der Waals surface area contributed by atoms with E-state index in [4.69, 9.17) is 0 Å². The molecule has 0 spiro atoms. The predicted molar refractivity (Wildman–Crippen MR) is 80.0 cm³/mol. The van der Waals surface area contributed by atoms with Crippen molar-refractivity contribution in [3.63, 3.8) is 0 Å². The average molecular weight is 364 g/mol. The number of aromatic nitrogens is 1. The molecule has 0 aliphatic rings. The van der Waals surface area contributed by atoms with Crippen LogP contribution in [-0.4, -0.2) is 11.5 Å². The number of nitrogens with zero attached hydrogens (tertiary/aromatic N) is 1. The number of nitrogens with one attached hydrogen (secondary N) is 1. The molecule has 1 rings (SSSR count). The third kappa shape index (κ3) is 4.68. The molecular weight excluding hydrogens is 344 g/mol. The highest BCUT2D eigenvalue weighted by molar-refractivity contribution is 9.11. The SMILES string of the molecule is CC(C)C(C)(C)CNCc1ncc(Br)cc1Br. The molecule has 2 nitrogen and oxygen atoms in total. The van der Waals surface area contributed by atoms with Crippen molar-refractivity contribution < 1.29 is 0 Å². The van der Waals surface area contributed by atoms with E-state index in [-0.39, 0.29) is 0 Å². The molecule has 96 valence electrons. The van der Waals surface area contributed by atoms with Crippen molar-refractivity contribution in [2.75, 3.05) is 6.54 Å². The van der Waals surface area contributed by atoms with Crippen LogP contribution in [0.15, 0.2) is 21.2 Å². The van der Waals surface area contributed by atoms with Crippen LogP contribution >= 0.6 is 31.9 Å². The Balaban J connectivity index is 2.51. The lowest BCUT2D eigenvalue weighted by molar-refractivity contribution is 0.237. The first-order chi connectivity index (χ1) is 7.83. The molecule has 0 aliphatic heterocycles. The largest absolute Gasteiger partial charge is 0.311 e. The number of rotatable bonds is 5. The van der Waals surface area contributed by atoms with E-state index < -0.39 is 0 Å². The molecule has 17 heavy (non-hydrogen) atoms. The fraction of sp³-hybridized carbons (Fsp3) is 0.615. The number of halogens is 2.